The molecule has 5 heteroatoms. The number of hydrogen-bond donors (Lipinski definition) is 0. The third-order valence-electron chi connectivity index (χ3n) is 2.97. The quantitative estimate of drug-likeness (QED) is 0.446. The first kappa shape index (κ1) is 17.6. The van der Waals surface area contributed by atoms with Crippen molar-refractivity contribution >= 4 is 23.6 Å². The van der Waals surface area contributed by atoms with Crippen molar-refractivity contribution in [1.82, 2.24) is 0 Å². The molecule has 24 heavy (non-hydrogen) atoms. The lowest BCUT2D eigenvalue weighted by Crippen LogP contribution is -1.99. The van der Waals surface area contributed by atoms with Crippen LogP contribution in [-0.2, 0) is 16.1 Å². The molecular weight excluding hydrogens is 331 g/mol. The lowest BCUT2D eigenvalue weighted by atomic mass is 10.2. The second kappa shape index (κ2) is 8.76. The van der Waals surface area contributed by atoms with Gasteiger partial charge in [0.05, 0.1) is 5.02 Å². The van der Waals surface area contributed by atoms with Crippen molar-refractivity contribution in [3.63, 3.8) is 0 Å². The fourth-order valence-corrected chi connectivity index (χ4v) is 2.05. The molecule has 0 aromatic heterocycles. The third-order valence-corrected chi connectivity index (χ3v) is 3.27. The van der Waals surface area contributed by atoms with E-state index in [9.17, 15) is 9.18 Å². The second-order valence-electron chi connectivity index (χ2n) is 4.75. The molecule has 122 valence electrons. The van der Waals surface area contributed by atoms with Crippen LogP contribution in [0, 0.1) is 18.2 Å². The number of ether oxygens (including phenoxy) is 2. The van der Waals surface area contributed by atoms with Crippen LogP contribution in [-0.4, -0.2) is 12.6 Å². The predicted molar refractivity (Wildman–Crippen MR) is 91.0 cm³/mol. The first-order valence-electron chi connectivity index (χ1n) is 7.03. The number of benzene rings is 2. The van der Waals surface area contributed by atoms with Gasteiger partial charge in [0, 0.05) is 6.08 Å². The van der Waals surface area contributed by atoms with Crippen molar-refractivity contribution < 1.29 is 18.7 Å². The number of esters is 1. The van der Waals surface area contributed by atoms with Crippen LogP contribution in [0.25, 0.3) is 6.08 Å². The molecule has 0 heterocycles. The van der Waals surface area contributed by atoms with Crippen LogP contribution >= 0.6 is 11.6 Å². The zero-order valence-corrected chi connectivity index (χ0v) is 13.4. The van der Waals surface area contributed by atoms with E-state index in [0.717, 1.165) is 5.56 Å². The molecule has 0 fully saturated rings. The smallest absolute Gasteiger partial charge is 0.331 e. The lowest BCUT2D eigenvalue weighted by molar-refractivity contribution is -0.136. The maximum atomic E-state index is 12.8. The van der Waals surface area contributed by atoms with Crippen molar-refractivity contribution in [2.24, 2.45) is 0 Å². The number of hydrogen-bond acceptors (Lipinski definition) is 3. The zero-order chi connectivity index (χ0) is 17.4. The monoisotopic (exact) mass is 344 g/mol. The SMILES string of the molecule is C#CCOC(=O)/C=C/c1ccc(OCc2ccc(F)cc2)c(Cl)c1. The van der Waals surface area contributed by atoms with E-state index in [4.69, 9.17) is 27.5 Å². The summed E-state index contributed by atoms with van der Waals surface area (Å²) in [6.45, 7) is 0.202. The Balaban J connectivity index is 1.96. The van der Waals surface area contributed by atoms with Crippen molar-refractivity contribution in [2.45, 2.75) is 6.61 Å². The summed E-state index contributed by atoms with van der Waals surface area (Å²) in [5, 5.41) is 0.399. The van der Waals surface area contributed by atoms with Gasteiger partial charge in [-0.3, -0.25) is 0 Å². The number of carbonyl (C=O) groups is 1. The van der Waals surface area contributed by atoms with Gasteiger partial charge in [-0.25, -0.2) is 9.18 Å². The van der Waals surface area contributed by atoms with E-state index < -0.39 is 5.97 Å². The predicted octanol–water partition coefficient (Wildman–Crippen LogP) is 4.25. The van der Waals surface area contributed by atoms with Crippen LogP contribution in [0.1, 0.15) is 11.1 Å². The summed E-state index contributed by atoms with van der Waals surface area (Å²) in [7, 11) is 0. The molecule has 2 aromatic carbocycles. The summed E-state index contributed by atoms with van der Waals surface area (Å²) in [6.07, 6.45) is 7.83. The van der Waals surface area contributed by atoms with E-state index in [0.29, 0.717) is 16.3 Å². The number of terminal acetylenes is 1. The molecule has 0 aliphatic carbocycles. The third kappa shape index (κ3) is 5.45. The Bertz CT molecular complexity index is 776. The largest absolute Gasteiger partial charge is 0.487 e. The van der Waals surface area contributed by atoms with Gasteiger partial charge in [0.1, 0.15) is 18.2 Å². The molecule has 0 N–H and O–H groups in total. The average molecular weight is 345 g/mol. The molecule has 0 amide bonds. The van der Waals surface area contributed by atoms with E-state index in [-0.39, 0.29) is 19.0 Å². The second-order valence-corrected chi connectivity index (χ2v) is 5.16. The Labute approximate surface area is 144 Å². The van der Waals surface area contributed by atoms with Crippen LogP contribution < -0.4 is 4.74 Å². The molecule has 0 bridgehead atoms. The summed E-state index contributed by atoms with van der Waals surface area (Å²) in [6, 6.07) is 11.1. The van der Waals surface area contributed by atoms with Gasteiger partial charge in [0.25, 0.3) is 0 Å². The highest BCUT2D eigenvalue weighted by Gasteiger charge is 2.04. The highest BCUT2D eigenvalue weighted by Crippen LogP contribution is 2.26. The maximum absolute atomic E-state index is 12.8. The zero-order valence-electron chi connectivity index (χ0n) is 12.7. The van der Waals surface area contributed by atoms with Gasteiger partial charge >= 0.3 is 5.97 Å². The summed E-state index contributed by atoms with van der Waals surface area (Å²) in [5.74, 6) is 1.88. The Hall–Kier alpha value is -2.77. The Kier molecular flexibility index (Phi) is 6.41. The fourth-order valence-electron chi connectivity index (χ4n) is 1.80. The summed E-state index contributed by atoms with van der Waals surface area (Å²) in [5.41, 5.74) is 1.54. The van der Waals surface area contributed by atoms with Gasteiger partial charge in [-0.1, -0.05) is 35.7 Å². The molecule has 0 unspecified atom stereocenters. The van der Waals surface area contributed by atoms with Gasteiger partial charge in [-0.15, -0.1) is 6.42 Å². The molecule has 0 aliphatic heterocycles. The molecule has 0 radical (unpaired) electrons. The van der Waals surface area contributed by atoms with Gasteiger partial charge < -0.3 is 9.47 Å². The maximum Gasteiger partial charge on any atom is 0.331 e. The molecule has 0 aliphatic rings. The number of rotatable bonds is 6. The summed E-state index contributed by atoms with van der Waals surface area (Å²) in [4.78, 5) is 11.3. The van der Waals surface area contributed by atoms with Gasteiger partial charge in [-0.05, 0) is 41.5 Å². The van der Waals surface area contributed by atoms with Crippen LogP contribution in [0.4, 0.5) is 4.39 Å². The van der Waals surface area contributed by atoms with Crippen molar-refractivity contribution in [3.8, 4) is 18.1 Å². The molecule has 2 rings (SSSR count). The van der Waals surface area contributed by atoms with E-state index in [2.05, 4.69) is 5.92 Å². The van der Waals surface area contributed by atoms with Crippen molar-refractivity contribution in [2.75, 3.05) is 6.61 Å². The standard InChI is InChI=1S/C19H14ClFO3/c1-2-11-23-19(22)10-6-14-5-9-18(17(20)12-14)24-13-15-3-7-16(21)8-4-15/h1,3-10,12H,11,13H2/b10-6+. The minimum Gasteiger partial charge on any atom is -0.487 e. The average Bonchev–Trinajstić information content (AvgIpc) is 2.58. The molecule has 0 spiro atoms. The van der Waals surface area contributed by atoms with Gasteiger partial charge in [0.15, 0.2) is 6.61 Å². The molecular formula is C19H14ClFO3. The molecule has 0 saturated carbocycles. The van der Waals surface area contributed by atoms with E-state index in [1.54, 1.807) is 36.4 Å². The minimum atomic E-state index is -0.527. The van der Waals surface area contributed by atoms with E-state index in [1.165, 1.54) is 18.2 Å². The first-order chi connectivity index (χ1) is 11.6. The Morgan fingerprint density at radius 2 is 2.00 bits per heavy atom. The highest BCUT2D eigenvalue weighted by molar-refractivity contribution is 6.32. The molecule has 0 saturated heterocycles. The minimum absolute atomic E-state index is 0.0694. The van der Waals surface area contributed by atoms with Crippen molar-refractivity contribution in [1.29, 1.82) is 0 Å². The molecule has 2 aromatic rings. The molecule has 3 nitrogen and oxygen atoms in total. The number of carbonyl (C=O) groups excluding carboxylic acids is 1. The highest BCUT2D eigenvalue weighted by atomic mass is 35.5. The van der Waals surface area contributed by atoms with Crippen LogP contribution in [0.5, 0.6) is 5.75 Å². The Morgan fingerprint density at radius 3 is 2.67 bits per heavy atom. The van der Waals surface area contributed by atoms with Crippen LogP contribution in [0.3, 0.4) is 0 Å². The van der Waals surface area contributed by atoms with E-state index in [1.807, 2.05) is 0 Å². The summed E-state index contributed by atoms with van der Waals surface area (Å²) >= 11 is 6.16. The van der Waals surface area contributed by atoms with Crippen LogP contribution in [0.15, 0.2) is 48.5 Å². The summed E-state index contributed by atoms with van der Waals surface area (Å²) < 4.78 is 23.2. The normalized spacial score (nSPS) is 10.4. The Morgan fingerprint density at radius 1 is 1.25 bits per heavy atom. The molecule has 0 atom stereocenters. The van der Waals surface area contributed by atoms with Gasteiger partial charge in [-0.2, -0.15) is 0 Å². The first-order valence-corrected chi connectivity index (χ1v) is 7.41. The van der Waals surface area contributed by atoms with Gasteiger partial charge in [0.2, 0.25) is 0 Å². The van der Waals surface area contributed by atoms with Crippen molar-refractivity contribution in [3.05, 3.63) is 70.5 Å². The van der Waals surface area contributed by atoms with Crippen LogP contribution in [0.2, 0.25) is 5.02 Å². The van der Waals surface area contributed by atoms with E-state index >= 15 is 0 Å². The lowest BCUT2D eigenvalue weighted by Gasteiger charge is -2.08. The fraction of sp³-hybridized carbons (Fsp3) is 0.105. The number of halogens is 2. The topological polar surface area (TPSA) is 35.5 Å².